The molecule has 1 heterocycles. The van der Waals surface area contributed by atoms with E-state index in [0.29, 0.717) is 28.5 Å². The van der Waals surface area contributed by atoms with E-state index in [-0.39, 0.29) is 30.7 Å². The molecule has 2 aromatic rings. The molecule has 0 aliphatic carbocycles. The van der Waals surface area contributed by atoms with E-state index in [9.17, 15) is 14.4 Å². The Balaban J connectivity index is 1.72. The summed E-state index contributed by atoms with van der Waals surface area (Å²) in [5.74, 6) is -1.20. The van der Waals surface area contributed by atoms with Crippen molar-refractivity contribution in [3.8, 4) is 0 Å². The molecule has 3 rings (SSSR count). The van der Waals surface area contributed by atoms with E-state index in [0.717, 1.165) is 6.42 Å². The van der Waals surface area contributed by atoms with Crippen LogP contribution in [0.4, 0.5) is 11.4 Å². The monoisotopic (exact) mass is 399 g/mol. The molecule has 146 valence electrons. The Morgan fingerprint density at radius 1 is 1.14 bits per heavy atom. The third-order valence-corrected chi connectivity index (χ3v) is 4.92. The highest BCUT2D eigenvalue weighted by Crippen LogP contribution is 2.31. The molecule has 2 N–H and O–H groups in total. The van der Waals surface area contributed by atoms with Crippen LogP contribution in [0.15, 0.2) is 48.5 Å². The maximum atomic E-state index is 12.8. The molecule has 0 spiro atoms. The lowest BCUT2D eigenvalue weighted by molar-refractivity contribution is -0.122. The zero-order valence-corrected chi connectivity index (χ0v) is 16.3. The van der Waals surface area contributed by atoms with E-state index < -0.39 is 5.92 Å². The van der Waals surface area contributed by atoms with Crippen molar-refractivity contribution in [1.82, 2.24) is 5.32 Å². The maximum Gasteiger partial charge on any atom is 0.253 e. The SMILES string of the molecule is CCCNC(=O)c1ccccc1NC(=O)[C@@H]1CC(=O)N(c2ccccc2Cl)C1. The van der Waals surface area contributed by atoms with Gasteiger partial charge in [0.05, 0.1) is 27.9 Å². The van der Waals surface area contributed by atoms with Gasteiger partial charge in [-0.3, -0.25) is 14.4 Å². The molecule has 0 aromatic heterocycles. The minimum Gasteiger partial charge on any atom is -0.352 e. The van der Waals surface area contributed by atoms with Gasteiger partial charge in [0.1, 0.15) is 0 Å². The molecule has 3 amide bonds. The number of amides is 3. The number of nitrogens with one attached hydrogen (secondary N) is 2. The molecule has 2 aromatic carbocycles. The van der Waals surface area contributed by atoms with Crippen LogP contribution >= 0.6 is 11.6 Å². The average Bonchev–Trinajstić information content (AvgIpc) is 3.08. The first kappa shape index (κ1) is 19.9. The third kappa shape index (κ3) is 4.34. The molecular formula is C21H22ClN3O3. The van der Waals surface area contributed by atoms with Crippen molar-refractivity contribution in [3.63, 3.8) is 0 Å². The largest absolute Gasteiger partial charge is 0.352 e. The van der Waals surface area contributed by atoms with Crippen LogP contribution in [-0.2, 0) is 9.59 Å². The number of halogens is 1. The average molecular weight is 400 g/mol. The highest BCUT2D eigenvalue weighted by atomic mass is 35.5. The van der Waals surface area contributed by atoms with Gasteiger partial charge in [-0.05, 0) is 30.7 Å². The highest BCUT2D eigenvalue weighted by Gasteiger charge is 2.36. The van der Waals surface area contributed by atoms with Crippen LogP contribution in [0.5, 0.6) is 0 Å². The molecule has 1 aliphatic rings. The number of carbonyl (C=O) groups is 3. The van der Waals surface area contributed by atoms with Gasteiger partial charge in [-0.2, -0.15) is 0 Å². The molecule has 0 unspecified atom stereocenters. The Labute approximate surface area is 168 Å². The Hall–Kier alpha value is -2.86. The molecule has 0 bridgehead atoms. The van der Waals surface area contributed by atoms with Gasteiger partial charge in [-0.15, -0.1) is 0 Å². The van der Waals surface area contributed by atoms with Crippen molar-refractivity contribution < 1.29 is 14.4 Å². The van der Waals surface area contributed by atoms with Crippen molar-refractivity contribution >= 4 is 40.7 Å². The number of benzene rings is 2. The van der Waals surface area contributed by atoms with Gasteiger partial charge in [0.15, 0.2) is 0 Å². The van der Waals surface area contributed by atoms with Gasteiger partial charge in [0.2, 0.25) is 11.8 Å². The van der Waals surface area contributed by atoms with Gasteiger partial charge in [-0.1, -0.05) is 42.8 Å². The second-order valence-electron chi connectivity index (χ2n) is 6.65. The van der Waals surface area contributed by atoms with Gasteiger partial charge in [0, 0.05) is 19.5 Å². The number of para-hydroxylation sites is 2. The summed E-state index contributed by atoms with van der Waals surface area (Å²) in [7, 11) is 0. The number of rotatable bonds is 6. The van der Waals surface area contributed by atoms with Crippen LogP contribution in [0.2, 0.25) is 5.02 Å². The predicted molar refractivity (Wildman–Crippen MR) is 110 cm³/mol. The molecule has 1 fully saturated rings. The van der Waals surface area contributed by atoms with E-state index in [4.69, 9.17) is 11.6 Å². The van der Waals surface area contributed by atoms with Crippen molar-refractivity contribution in [2.75, 3.05) is 23.3 Å². The lowest BCUT2D eigenvalue weighted by Crippen LogP contribution is -2.29. The zero-order chi connectivity index (χ0) is 20.1. The quantitative estimate of drug-likeness (QED) is 0.780. The zero-order valence-electron chi connectivity index (χ0n) is 15.6. The van der Waals surface area contributed by atoms with E-state index >= 15 is 0 Å². The fourth-order valence-electron chi connectivity index (χ4n) is 3.15. The minimum atomic E-state index is -0.518. The summed E-state index contributed by atoms with van der Waals surface area (Å²) in [5.41, 5.74) is 1.44. The first-order chi connectivity index (χ1) is 13.5. The topological polar surface area (TPSA) is 78.5 Å². The van der Waals surface area contributed by atoms with E-state index in [1.54, 1.807) is 48.5 Å². The van der Waals surface area contributed by atoms with Crippen LogP contribution < -0.4 is 15.5 Å². The summed E-state index contributed by atoms with van der Waals surface area (Å²) < 4.78 is 0. The smallest absolute Gasteiger partial charge is 0.253 e. The van der Waals surface area contributed by atoms with Gasteiger partial charge in [-0.25, -0.2) is 0 Å². The summed E-state index contributed by atoms with van der Waals surface area (Å²) in [4.78, 5) is 39.0. The van der Waals surface area contributed by atoms with Crippen molar-refractivity contribution in [3.05, 3.63) is 59.1 Å². The molecule has 1 saturated heterocycles. The van der Waals surface area contributed by atoms with Crippen LogP contribution in [0.1, 0.15) is 30.1 Å². The fourth-order valence-corrected chi connectivity index (χ4v) is 3.38. The second kappa shape index (κ2) is 8.89. The Kier molecular flexibility index (Phi) is 6.31. The molecule has 0 radical (unpaired) electrons. The molecular weight excluding hydrogens is 378 g/mol. The molecule has 28 heavy (non-hydrogen) atoms. The van der Waals surface area contributed by atoms with E-state index in [1.807, 2.05) is 6.92 Å². The summed E-state index contributed by atoms with van der Waals surface area (Å²) in [6, 6.07) is 13.9. The summed E-state index contributed by atoms with van der Waals surface area (Å²) >= 11 is 6.19. The Morgan fingerprint density at radius 2 is 1.86 bits per heavy atom. The Bertz CT molecular complexity index is 900. The molecule has 7 heteroatoms. The van der Waals surface area contributed by atoms with Crippen LogP contribution in [0.3, 0.4) is 0 Å². The van der Waals surface area contributed by atoms with Crippen LogP contribution in [0.25, 0.3) is 0 Å². The molecule has 1 aliphatic heterocycles. The number of carbonyl (C=O) groups excluding carboxylic acids is 3. The normalized spacial score (nSPS) is 16.1. The predicted octanol–water partition coefficient (Wildman–Crippen LogP) is 3.47. The van der Waals surface area contributed by atoms with Gasteiger partial charge >= 0.3 is 0 Å². The standard InChI is InChI=1S/C21H22ClN3O3/c1-2-11-23-21(28)15-7-3-5-9-17(15)24-20(27)14-12-19(26)25(13-14)18-10-6-4-8-16(18)22/h3-10,14H,2,11-13H2,1H3,(H,23,28)(H,24,27)/t14-/m1/s1. The number of hydrogen-bond donors (Lipinski definition) is 2. The van der Waals surface area contributed by atoms with E-state index in [1.165, 1.54) is 4.90 Å². The van der Waals surface area contributed by atoms with Crippen molar-refractivity contribution in [2.45, 2.75) is 19.8 Å². The van der Waals surface area contributed by atoms with Crippen LogP contribution in [0, 0.1) is 5.92 Å². The fraction of sp³-hybridized carbons (Fsp3) is 0.286. The van der Waals surface area contributed by atoms with Crippen molar-refractivity contribution in [2.24, 2.45) is 5.92 Å². The lowest BCUT2D eigenvalue weighted by atomic mass is 10.1. The maximum absolute atomic E-state index is 12.8. The molecule has 6 nitrogen and oxygen atoms in total. The van der Waals surface area contributed by atoms with Crippen molar-refractivity contribution in [1.29, 1.82) is 0 Å². The Morgan fingerprint density at radius 3 is 2.61 bits per heavy atom. The first-order valence-electron chi connectivity index (χ1n) is 9.24. The minimum absolute atomic E-state index is 0.0985. The number of anilines is 2. The van der Waals surface area contributed by atoms with E-state index in [2.05, 4.69) is 10.6 Å². The number of hydrogen-bond acceptors (Lipinski definition) is 3. The molecule has 0 saturated carbocycles. The van der Waals surface area contributed by atoms with Crippen LogP contribution in [-0.4, -0.2) is 30.8 Å². The summed E-state index contributed by atoms with van der Waals surface area (Å²) in [6.45, 7) is 2.78. The van der Waals surface area contributed by atoms with Gasteiger partial charge in [0.25, 0.3) is 5.91 Å². The third-order valence-electron chi connectivity index (χ3n) is 4.60. The summed E-state index contributed by atoms with van der Waals surface area (Å²) in [5, 5.41) is 6.08. The second-order valence-corrected chi connectivity index (χ2v) is 7.05. The van der Waals surface area contributed by atoms with Gasteiger partial charge < -0.3 is 15.5 Å². The summed E-state index contributed by atoms with van der Waals surface area (Å²) in [6.07, 6.45) is 0.920. The number of nitrogens with zero attached hydrogens (tertiary/aromatic N) is 1. The lowest BCUT2D eigenvalue weighted by Gasteiger charge is -2.18. The molecule has 1 atom stereocenters. The first-order valence-corrected chi connectivity index (χ1v) is 9.62. The highest BCUT2D eigenvalue weighted by molar-refractivity contribution is 6.34.